The van der Waals surface area contributed by atoms with E-state index >= 15 is 0 Å². The van der Waals surface area contributed by atoms with Crippen LogP contribution in [0.25, 0.3) is 0 Å². The smallest absolute Gasteiger partial charge is 0.0672 e. The maximum Gasteiger partial charge on any atom is 0.0672 e. The van der Waals surface area contributed by atoms with Crippen molar-refractivity contribution >= 4 is 0 Å². The van der Waals surface area contributed by atoms with E-state index in [1.165, 1.54) is 25.9 Å². The molecule has 1 heterocycles. The Balaban J connectivity index is 1.97. The minimum atomic E-state index is 0.650. The molecule has 0 aromatic rings. The van der Waals surface area contributed by atoms with Gasteiger partial charge in [-0.15, -0.1) is 0 Å². The highest BCUT2D eigenvalue weighted by Gasteiger charge is 2.15. The third-order valence-corrected chi connectivity index (χ3v) is 2.65. The van der Waals surface area contributed by atoms with Crippen molar-refractivity contribution in [3.05, 3.63) is 12.2 Å². The number of rotatable bonds is 6. The van der Waals surface area contributed by atoms with Crippen molar-refractivity contribution in [3.63, 3.8) is 0 Å². The number of nitrogens with zero attached hydrogens (tertiary/aromatic N) is 1. The number of ether oxygens (including phenoxy) is 1. The molecule has 1 aliphatic heterocycles. The molecule has 0 aliphatic carbocycles. The van der Waals surface area contributed by atoms with Gasteiger partial charge in [-0.1, -0.05) is 12.2 Å². The number of nitrogens with one attached hydrogen (secondary N) is 1. The van der Waals surface area contributed by atoms with Crippen LogP contribution < -0.4 is 5.32 Å². The summed E-state index contributed by atoms with van der Waals surface area (Å²) in [4.78, 5) is 2.38. The first-order chi connectivity index (χ1) is 7.18. The SMILES string of the molecule is C=C(C)COCCNC1CCCN(C)C1. The van der Waals surface area contributed by atoms with Crippen LogP contribution in [-0.2, 0) is 4.74 Å². The van der Waals surface area contributed by atoms with Crippen LogP contribution >= 0.6 is 0 Å². The van der Waals surface area contributed by atoms with Gasteiger partial charge < -0.3 is 15.0 Å². The third kappa shape index (κ3) is 5.92. The Bertz CT molecular complexity index is 194. The van der Waals surface area contributed by atoms with Crippen molar-refractivity contribution in [1.29, 1.82) is 0 Å². The number of hydrogen-bond acceptors (Lipinski definition) is 3. The van der Waals surface area contributed by atoms with Crippen LogP contribution in [0.5, 0.6) is 0 Å². The molecule has 0 bridgehead atoms. The first kappa shape index (κ1) is 12.7. The van der Waals surface area contributed by atoms with Gasteiger partial charge in [-0.3, -0.25) is 0 Å². The van der Waals surface area contributed by atoms with Gasteiger partial charge in [0, 0.05) is 19.1 Å². The molecule has 3 nitrogen and oxygen atoms in total. The molecule has 1 N–H and O–H groups in total. The number of likely N-dealkylation sites (N-methyl/N-ethyl adjacent to an activating group) is 1. The molecular weight excluding hydrogens is 188 g/mol. The zero-order valence-corrected chi connectivity index (χ0v) is 10.1. The van der Waals surface area contributed by atoms with Gasteiger partial charge in [-0.05, 0) is 33.4 Å². The predicted octanol–water partition coefficient (Wildman–Crippen LogP) is 1.26. The molecule has 1 atom stereocenters. The minimum absolute atomic E-state index is 0.650. The number of piperidine rings is 1. The van der Waals surface area contributed by atoms with Crippen molar-refractivity contribution < 1.29 is 4.74 Å². The van der Waals surface area contributed by atoms with E-state index in [1.54, 1.807) is 0 Å². The van der Waals surface area contributed by atoms with E-state index in [1.807, 2.05) is 6.92 Å². The summed E-state index contributed by atoms with van der Waals surface area (Å²) in [6.45, 7) is 10.6. The first-order valence-electron chi connectivity index (χ1n) is 5.82. The van der Waals surface area contributed by atoms with E-state index in [4.69, 9.17) is 4.74 Å². The van der Waals surface area contributed by atoms with E-state index in [0.717, 1.165) is 18.7 Å². The molecule has 0 amide bonds. The van der Waals surface area contributed by atoms with E-state index in [0.29, 0.717) is 12.6 Å². The van der Waals surface area contributed by atoms with Gasteiger partial charge in [0.05, 0.1) is 13.2 Å². The fourth-order valence-corrected chi connectivity index (χ4v) is 1.91. The molecule has 0 aromatic heterocycles. The fraction of sp³-hybridized carbons (Fsp3) is 0.833. The highest BCUT2D eigenvalue weighted by Crippen LogP contribution is 2.07. The van der Waals surface area contributed by atoms with Crippen molar-refractivity contribution in [2.24, 2.45) is 0 Å². The lowest BCUT2D eigenvalue weighted by atomic mass is 10.1. The quantitative estimate of drug-likeness (QED) is 0.530. The van der Waals surface area contributed by atoms with E-state index in [-0.39, 0.29) is 0 Å². The summed E-state index contributed by atoms with van der Waals surface area (Å²) in [5, 5.41) is 3.53. The first-order valence-corrected chi connectivity index (χ1v) is 5.82. The topological polar surface area (TPSA) is 24.5 Å². The maximum atomic E-state index is 5.44. The Morgan fingerprint density at radius 3 is 3.07 bits per heavy atom. The van der Waals surface area contributed by atoms with Crippen LogP contribution in [0.3, 0.4) is 0 Å². The largest absolute Gasteiger partial charge is 0.376 e. The normalized spacial score (nSPS) is 22.9. The lowest BCUT2D eigenvalue weighted by Gasteiger charge is -2.30. The molecule has 15 heavy (non-hydrogen) atoms. The van der Waals surface area contributed by atoms with Gasteiger partial charge in [0.15, 0.2) is 0 Å². The summed E-state index contributed by atoms with van der Waals surface area (Å²) < 4.78 is 5.44. The van der Waals surface area contributed by atoms with Gasteiger partial charge in [-0.25, -0.2) is 0 Å². The molecule has 88 valence electrons. The molecule has 1 unspecified atom stereocenters. The van der Waals surface area contributed by atoms with Crippen LogP contribution in [0, 0.1) is 0 Å². The Hall–Kier alpha value is -0.380. The van der Waals surface area contributed by atoms with E-state index < -0.39 is 0 Å². The van der Waals surface area contributed by atoms with Crippen molar-refractivity contribution in [1.82, 2.24) is 10.2 Å². The molecule has 1 aliphatic rings. The van der Waals surface area contributed by atoms with Crippen LogP contribution in [-0.4, -0.2) is 50.8 Å². The second-order valence-corrected chi connectivity index (χ2v) is 4.57. The highest BCUT2D eigenvalue weighted by atomic mass is 16.5. The molecule has 0 saturated carbocycles. The van der Waals surface area contributed by atoms with Gasteiger partial charge in [0.1, 0.15) is 0 Å². The molecule has 0 spiro atoms. The number of likely N-dealkylation sites (tertiary alicyclic amines) is 1. The summed E-state index contributed by atoms with van der Waals surface area (Å²) in [6, 6.07) is 0.650. The average molecular weight is 212 g/mol. The Kier molecular flexibility index (Phi) is 5.91. The van der Waals surface area contributed by atoms with E-state index in [9.17, 15) is 0 Å². The standard InChI is InChI=1S/C12H24N2O/c1-11(2)10-15-8-6-13-12-5-4-7-14(3)9-12/h12-13H,1,4-10H2,2-3H3. The van der Waals surface area contributed by atoms with Crippen LogP contribution in [0.15, 0.2) is 12.2 Å². The second-order valence-electron chi connectivity index (χ2n) is 4.57. The monoisotopic (exact) mass is 212 g/mol. The predicted molar refractivity (Wildman–Crippen MR) is 64.2 cm³/mol. The van der Waals surface area contributed by atoms with Crippen molar-refractivity contribution in [2.45, 2.75) is 25.8 Å². The van der Waals surface area contributed by atoms with Gasteiger partial charge in [-0.2, -0.15) is 0 Å². The third-order valence-electron chi connectivity index (χ3n) is 2.65. The van der Waals surface area contributed by atoms with Gasteiger partial charge >= 0.3 is 0 Å². The molecule has 1 fully saturated rings. The van der Waals surface area contributed by atoms with Crippen molar-refractivity contribution in [3.8, 4) is 0 Å². The minimum Gasteiger partial charge on any atom is -0.376 e. The summed E-state index contributed by atoms with van der Waals surface area (Å²) in [5.41, 5.74) is 1.09. The maximum absolute atomic E-state index is 5.44. The van der Waals surface area contributed by atoms with E-state index in [2.05, 4.69) is 23.8 Å². The van der Waals surface area contributed by atoms with Gasteiger partial charge in [0.2, 0.25) is 0 Å². The average Bonchev–Trinajstić information content (AvgIpc) is 2.17. The number of hydrogen-bond donors (Lipinski definition) is 1. The lowest BCUT2D eigenvalue weighted by molar-refractivity contribution is 0.147. The van der Waals surface area contributed by atoms with Crippen LogP contribution in [0.4, 0.5) is 0 Å². The molecule has 0 radical (unpaired) electrons. The van der Waals surface area contributed by atoms with Crippen LogP contribution in [0.2, 0.25) is 0 Å². The second kappa shape index (κ2) is 6.99. The molecule has 1 saturated heterocycles. The Morgan fingerprint density at radius 1 is 1.60 bits per heavy atom. The summed E-state index contributed by atoms with van der Waals surface area (Å²) in [7, 11) is 2.19. The zero-order chi connectivity index (χ0) is 11.1. The van der Waals surface area contributed by atoms with Crippen LogP contribution in [0.1, 0.15) is 19.8 Å². The molecule has 0 aromatic carbocycles. The highest BCUT2D eigenvalue weighted by molar-refractivity contribution is 4.87. The molecule has 1 rings (SSSR count). The molecular formula is C12H24N2O. The lowest BCUT2D eigenvalue weighted by Crippen LogP contribution is -2.44. The fourth-order valence-electron chi connectivity index (χ4n) is 1.91. The van der Waals surface area contributed by atoms with Crippen molar-refractivity contribution in [2.75, 3.05) is 39.9 Å². The zero-order valence-electron chi connectivity index (χ0n) is 10.1. The summed E-state index contributed by atoms with van der Waals surface area (Å²) in [5.74, 6) is 0. The van der Waals surface area contributed by atoms with Gasteiger partial charge in [0.25, 0.3) is 0 Å². The summed E-state index contributed by atoms with van der Waals surface area (Å²) in [6.07, 6.45) is 2.60. The summed E-state index contributed by atoms with van der Waals surface area (Å²) >= 11 is 0. The Labute approximate surface area is 93.5 Å². The Morgan fingerprint density at radius 2 is 2.40 bits per heavy atom. The molecule has 3 heteroatoms.